The highest BCUT2D eigenvalue weighted by atomic mass is 35.5. The van der Waals surface area contributed by atoms with E-state index in [9.17, 15) is 9.59 Å². The molecule has 0 N–H and O–H groups in total. The molecule has 4 aromatic rings. The summed E-state index contributed by atoms with van der Waals surface area (Å²) < 4.78 is 16.5. The van der Waals surface area contributed by atoms with E-state index in [1.165, 1.54) is 7.11 Å². The Labute approximate surface area is 171 Å². The molecule has 0 saturated carbocycles. The molecule has 0 fully saturated rings. The van der Waals surface area contributed by atoms with E-state index in [1.807, 2.05) is 0 Å². The first-order chi connectivity index (χ1) is 14.1. The number of methoxy groups -OCH3 is 1. The van der Waals surface area contributed by atoms with Crippen LogP contribution in [-0.4, -0.2) is 13.1 Å². The van der Waals surface area contributed by atoms with Gasteiger partial charge in [0.1, 0.15) is 11.3 Å². The van der Waals surface area contributed by atoms with E-state index in [4.69, 9.17) is 25.5 Å². The fourth-order valence-corrected chi connectivity index (χ4v) is 3.01. The Morgan fingerprint density at radius 3 is 2.31 bits per heavy atom. The summed E-state index contributed by atoms with van der Waals surface area (Å²) in [5, 5.41) is 0.858. The molecule has 0 bridgehead atoms. The quantitative estimate of drug-likeness (QED) is 0.428. The van der Waals surface area contributed by atoms with Crippen LogP contribution >= 0.6 is 11.6 Å². The van der Waals surface area contributed by atoms with Gasteiger partial charge in [-0.3, -0.25) is 4.79 Å². The number of rotatable bonds is 4. The van der Waals surface area contributed by atoms with Crippen LogP contribution in [-0.2, 0) is 0 Å². The Morgan fingerprint density at radius 1 is 0.931 bits per heavy atom. The molecule has 1 aromatic heterocycles. The highest BCUT2D eigenvalue weighted by Crippen LogP contribution is 2.32. The molecule has 5 nitrogen and oxygen atoms in total. The van der Waals surface area contributed by atoms with Crippen LogP contribution in [0.15, 0.2) is 82.0 Å². The van der Waals surface area contributed by atoms with Gasteiger partial charge in [0.25, 0.3) is 0 Å². The molecule has 4 rings (SSSR count). The van der Waals surface area contributed by atoms with E-state index in [0.29, 0.717) is 27.3 Å². The second-order valence-electron chi connectivity index (χ2n) is 6.21. The van der Waals surface area contributed by atoms with Gasteiger partial charge in [0.05, 0.1) is 18.1 Å². The maximum absolute atomic E-state index is 13.1. The summed E-state index contributed by atoms with van der Waals surface area (Å²) in [5.74, 6) is -0.0851. The van der Waals surface area contributed by atoms with Crippen molar-refractivity contribution in [1.29, 1.82) is 0 Å². The number of carbonyl (C=O) groups is 1. The lowest BCUT2D eigenvalue weighted by Crippen LogP contribution is -2.16. The van der Waals surface area contributed by atoms with Crippen molar-refractivity contribution in [3.8, 4) is 22.8 Å². The van der Waals surface area contributed by atoms with E-state index in [1.54, 1.807) is 72.8 Å². The predicted molar refractivity (Wildman–Crippen MR) is 111 cm³/mol. The van der Waals surface area contributed by atoms with E-state index in [-0.39, 0.29) is 17.1 Å². The van der Waals surface area contributed by atoms with E-state index < -0.39 is 11.4 Å². The summed E-state index contributed by atoms with van der Waals surface area (Å²) >= 11 is 5.97. The van der Waals surface area contributed by atoms with Crippen LogP contribution in [0.25, 0.3) is 22.3 Å². The molecule has 0 unspecified atom stereocenters. The van der Waals surface area contributed by atoms with Gasteiger partial charge in [0.15, 0.2) is 5.76 Å². The predicted octanol–water partition coefficient (Wildman–Crippen LogP) is 5.34. The monoisotopic (exact) mass is 406 g/mol. The van der Waals surface area contributed by atoms with Gasteiger partial charge in [0, 0.05) is 10.6 Å². The van der Waals surface area contributed by atoms with Crippen molar-refractivity contribution in [2.24, 2.45) is 0 Å². The fraction of sp³-hybridized carbons (Fsp3) is 0.0435. The fourth-order valence-electron chi connectivity index (χ4n) is 2.89. The standard InChI is InChI=1S/C23H15ClO5/c1-27-17-12-8-15(9-13-17)23(26)29-22-20(25)18-4-2-3-5-19(18)28-21(22)14-6-10-16(24)11-7-14/h2-13H,1H3. The molecule has 0 spiro atoms. The van der Waals surface area contributed by atoms with Gasteiger partial charge in [-0.15, -0.1) is 0 Å². The van der Waals surface area contributed by atoms with Crippen LogP contribution < -0.4 is 14.9 Å². The van der Waals surface area contributed by atoms with Crippen molar-refractivity contribution in [3.63, 3.8) is 0 Å². The Kier molecular flexibility index (Phi) is 5.06. The molecule has 3 aromatic carbocycles. The van der Waals surface area contributed by atoms with Gasteiger partial charge < -0.3 is 13.9 Å². The van der Waals surface area contributed by atoms with Crippen molar-refractivity contribution in [3.05, 3.63) is 93.6 Å². The lowest BCUT2D eigenvalue weighted by molar-refractivity contribution is 0.0731. The van der Waals surface area contributed by atoms with Crippen LogP contribution in [0.3, 0.4) is 0 Å². The van der Waals surface area contributed by atoms with Crippen molar-refractivity contribution < 1.29 is 18.7 Å². The molecule has 0 radical (unpaired) electrons. The molecule has 29 heavy (non-hydrogen) atoms. The average molecular weight is 407 g/mol. The Bertz CT molecular complexity index is 1240. The minimum Gasteiger partial charge on any atom is -0.497 e. The summed E-state index contributed by atoms with van der Waals surface area (Å²) in [6, 6.07) is 19.9. The number of hydrogen-bond donors (Lipinski definition) is 0. The molecular formula is C23H15ClO5. The first-order valence-electron chi connectivity index (χ1n) is 8.75. The van der Waals surface area contributed by atoms with Gasteiger partial charge in [-0.25, -0.2) is 4.79 Å². The molecule has 6 heteroatoms. The largest absolute Gasteiger partial charge is 0.497 e. The zero-order chi connectivity index (χ0) is 20.4. The zero-order valence-corrected chi connectivity index (χ0v) is 16.1. The lowest BCUT2D eigenvalue weighted by atomic mass is 10.1. The topological polar surface area (TPSA) is 65.7 Å². The second-order valence-corrected chi connectivity index (χ2v) is 6.65. The number of esters is 1. The van der Waals surface area contributed by atoms with Gasteiger partial charge in [-0.05, 0) is 60.7 Å². The Hall–Kier alpha value is -3.57. The average Bonchev–Trinajstić information content (AvgIpc) is 2.76. The lowest BCUT2D eigenvalue weighted by Gasteiger charge is -2.11. The summed E-state index contributed by atoms with van der Waals surface area (Å²) in [5.41, 5.74) is 0.806. The number of halogens is 1. The van der Waals surface area contributed by atoms with Crippen molar-refractivity contribution in [2.75, 3.05) is 7.11 Å². The third kappa shape index (κ3) is 3.73. The van der Waals surface area contributed by atoms with Crippen LogP contribution in [0.2, 0.25) is 5.02 Å². The maximum Gasteiger partial charge on any atom is 0.343 e. The molecule has 0 amide bonds. The molecular weight excluding hydrogens is 392 g/mol. The maximum atomic E-state index is 13.1. The third-order valence-corrected chi connectivity index (χ3v) is 4.64. The number of ether oxygens (including phenoxy) is 2. The molecule has 0 atom stereocenters. The second kappa shape index (κ2) is 7.81. The number of fused-ring (bicyclic) bond motifs is 1. The van der Waals surface area contributed by atoms with Gasteiger partial charge in [0.2, 0.25) is 11.2 Å². The van der Waals surface area contributed by atoms with E-state index >= 15 is 0 Å². The normalized spacial score (nSPS) is 10.7. The van der Waals surface area contributed by atoms with Gasteiger partial charge in [-0.2, -0.15) is 0 Å². The molecule has 144 valence electrons. The summed E-state index contributed by atoms with van der Waals surface area (Å²) in [4.78, 5) is 25.7. The van der Waals surface area contributed by atoms with E-state index in [0.717, 1.165) is 0 Å². The molecule has 0 aliphatic heterocycles. The summed E-state index contributed by atoms with van der Waals surface area (Å²) in [6.45, 7) is 0. The highest BCUT2D eigenvalue weighted by Gasteiger charge is 2.21. The summed E-state index contributed by atoms with van der Waals surface area (Å²) in [7, 11) is 1.53. The Morgan fingerprint density at radius 2 is 1.62 bits per heavy atom. The highest BCUT2D eigenvalue weighted by molar-refractivity contribution is 6.30. The molecule has 0 saturated heterocycles. The van der Waals surface area contributed by atoms with Crippen LogP contribution in [0.5, 0.6) is 11.5 Å². The van der Waals surface area contributed by atoms with Crippen LogP contribution in [0.1, 0.15) is 10.4 Å². The molecule has 1 heterocycles. The van der Waals surface area contributed by atoms with Gasteiger partial charge in [-0.1, -0.05) is 23.7 Å². The van der Waals surface area contributed by atoms with Crippen LogP contribution in [0.4, 0.5) is 0 Å². The van der Waals surface area contributed by atoms with Crippen molar-refractivity contribution in [2.45, 2.75) is 0 Å². The number of carbonyl (C=O) groups excluding carboxylic acids is 1. The molecule has 0 aliphatic carbocycles. The number of benzene rings is 3. The van der Waals surface area contributed by atoms with Crippen molar-refractivity contribution >= 4 is 28.5 Å². The first kappa shape index (κ1) is 18.8. The SMILES string of the molecule is COc1ccc(C(=O)Oc2c(-c3ccc(Cl)cc3)oc3ccccc3c2=O)cc1. The minimum absolute atomic E-state index is 0.159. The summed E-state index contributed by atoms with van der Waals surface area (Å²) in [6.07, 6.45) is 0. The van der Waals surface area contributed by atoms with Gasteiger partial charge >= 0.3 is 5.97 Å². The Balaban J connectivity index is 1.83. The third-order valence-electron chi connectivity index (χ3n) is 4.38. The van der Waals surface area contributed by atoms with Crippen LogP contribution in [0, 0.1) is 0 Å². The number of para-hydroxylation sites is 1. The van der Waals surface area contributed by atoms with E-state index in [2.05, 4.69) is 0 Å². The smallest absolute Gasteiger partial charge is 0.343 e. The first-order valence-corrected chi connectivity index (χ1v) is 9.12. The number of hydrogen-bond acceptors (Lipinski definition) is 5. The zero-order valence-electron chi connectivity index (χ0n) is 15.3. The molecule has 0 aliphatic rings. The van der Waals surface area contributed by atoms with Crippen molar-refractivity contribution in [1.82, 2.24) is 0 Å². The minimum atomic E-state index is -0.676.